The zero-order valence-corrected chi connectivity index (χ0v) is 16.0. The Hall–Kier alpha value is -2.27. The summed E-state index contributed by atoms with van der Waals surface area (Å²) in [6.45, 7) is 0.968. The first-order valence-corrected chi connectivity index (χ1v) is 9.91. The molecule has 142 valence electrons. The van der Waals surface area contributed by atoms with Crippen molar-refractivity contribution in [1.82, 2.24) is 4.57 Å². The van der Waals surface area contributed by atoms with Gasteiger partial charge in [-0.05, 0) is 42.7 Å². The molecule has 0 spiro atoms. The van der Waals surface area contributed by atoms with Gasteiger partial charge in [-0.1, -0.05) is 36.9 Å². The molecule has 0 saturated heterocycles. The summed E-state index contributed by atoms with van der Waals surface area (Å²) < 4.78 is 12.8. The molecule has 4 rings (SSSR count). The van der Waals surface area contributed by atoms with E-state index in [1.54, 1.807) is 16.8 Å². The van der Waals surface area contributed by atoms with Crippen molar-refractivity contribution >= 4 is 17.5 Å². The predicted molar refractivity (Wildman–Crippen MR) is 104 cm³/mol. The molecule has 2 aromatic rings. The molecule has 0 N–H and O–H groups in total. The molecule has 1 aromatic heterocycles. The van der Waals surface area contributed by atoms with Crippen molar-refractivity contribution in [3.8, 4) is 11.5 Å². The van der Waals surface area contributed by atoms with Crippen molar-refractivity contribution in [1.29, 1.82) is 0 Å². The van der Waals surface area contributed by atoms with Gasteiger partial charge in [-0.2, -0.15) is 0 Å². The third-order valence-corrected chi connectivity index (χ3v) is 5.29. The first-order chi connectivity index (χ1) is 13.2. The van der Waals surface area contributed by atoms with Gasteiger partial charge in [0, 0.05) is 6.20 Å². The van der Waals surface area contributed by atoms with Crippen LogP contribution in [0.2, 0.25) is 5.02 Å². The van der Waals surface area contributed by atoms with Crippen molar-refractivity contribution < 1.29 is 14.3 Å². The molecule has 0 amide bonds. The van der Waals surface area contributed by atoms with Crippen molar-refractivity contribution in [2.24, 2.45) is 4.99 Å². The summed E-state index contributed by atoms with van der Waals surface area (Å²) in [6, 6.07) is 9.60. The predicted octanol–water partition coefficient (Wildman–Crippen LogP) is 4.03. The van der Waals surface area contributed by atoms with Crippen LogP contribution >= 0.6 is 11.6 Å². The number of hydrogen-bond donors (Lipinski definition) is 0. The van der Waals surface area contributed by atoms with E-state index in [0.717, 1.165) is 23.9 Å². The highest BCUT2D eigenvalue weighted by atomic mass is 35.5. The number of halogens is 1. The maximum Gasteiger partial charge on any atom is 0.236 e. The van der Waals surface area contributed by atoms with Gasteiger partial charge in [0.15, 0.2) is 11.5 Å². The van der Waals surface area contributed by atoms with E-state index in [1.165, 1.54) is 19.3 Å². The van der Waals surface area contributed by atoms with Gasteiger partial charge < -0.3 is 9.47 Å². The average Bonchev–Trinajstić information content (AvgIpc) is 2.69. The van der Waals surface area contributed by atoms with Gasteiger partial charge in [0.1, 0.15) is 18.7 Å². The number of carbonyl (C=O) groups is 1. The van der Waals surface area contributed by atoms with Crippen molar-refractivity contribution in [2.45, 2.75) is 44.6 Å². The molecule has 1 aliphatic carbocycles. The van der Waals surface area contributed by atoms with Crippen LogP contribution in [0.4, 0.5) is 0 Å². The standard InChI is InChI=1S/C21H23ClN2O3/c22-17-12-15(13-18-21(17)27-11-10-26-18)14-20(25)24-9-5-4-8-19(24)23-16-6-2-1-3-7-16/h4-5,8-9,12-13,16H,1-3,6-7,10-11,14H2. The Balaban J connectivity index is 1.59. The molecule has 0 atom stereocenters. The average molecular weight is 387 g/mol. The fourth-order valence-electron chi connectivity index (χ4n) is 3.67. The third-order valence-electron chi connectivity index (χ3n) is 5.01. The molecule has 1 aliphatic heterocycles. The zero-order chi connectivity index (χ0) is 18.6. The number of carbonyl (C=O) groups excluding carboxylic acids is 1. The minimum Gasteiger partial charge on any atom is -0.486 e. The Morgan fingerprint density at radius 2 is 1.96 bits per heavy atom. The molecule has 2 aliphatic rings. The van der Waals surface area contributed by atoms with Crippen LogP contribution in [-0.2, 0) is 6.42 Å². The van der Waals surface area contributed by atoms with E-state index in [-0.39, 0.29) is 12.3 Å². The lowest BCUT2D eigenvalue weighted by atomic mass is 9.96. The molecular formula is C21H23ClN2O3. The van der Waals surface area contributed by atoms with Crippen LogP contribution in [0.15, 0.2) is 41.5 Å². The van der Waals surface area contributed by atoms with E-state index < -0.39 is 0 Å². The molecule has 0 radical (unpaired) electrons. The largest absolute Gasteiger partial charge is 0.486 e. The summed E-state index contributed by atoms with van der Waals surface area (Å²) in [5, 5.41) is 0.472. The number of fused-ring (bicyclic) bond motifs is 1. The van der Waals surface area contributed by atoms with Gasteiger partial charge in [0.25, 0.3) is 0 Å². The maximum atomic E-state index is 12.9. The lowest BCUT2D eigenvalue weighted by Crippen LogP contribution is -2.29. The first kappa shape index (κ1) is 18.1. The van der Waals surface area contributed by atoms with Crippen molar-refractivity contribution in [2.75, 3.05) is 13.2 Å². The fraction of sp³-hybridized carbons (Fsp3) is 0.429. The summed E-state index contributed by atoms with van der Waals surface area (Å²) >= 11 is 6.30. The van der Waals surface area contributed by atoms with Crippen LogP contribution in [0.1, 0.15) is 42.5 Å². The van der Waals surface area contributed by atoms with Gasteiger partial charge in [-0.25, -0.2) is 0 Å². The monoisotopic (exact) mass is 386 g/mol. The third kappa shape index (κ3) is 4.19. The second-order valence-electron chi connectivity index (χ2n) is 7.02. The van der Waals surface area contributed by atoms with Gasteiger partial charge in [0.05, 0.1) is 17.5 Å². The Bertz CT molecular complexity index is 901. The minimum atomic E-state index is -0.0436. The van der Waals surface area contributed by atoms with Crippen LogP contribution in [-0.4, -0.2) is 29.7 Å². The highest BCUT2D eigenvalue weighted by Gasteiger charge is 2.18. The first-order valence-electron chi connectivity index (χ1n) is 9.53. The second-order valence-corrected chi connectivity index (χ2v) is 7.43. The number of hydrogen-bond acceptors (Lipinski definition) is 4. The molecule has 1 saturated carbocycles. The molecule has 0 unspecified atom stereocenters. The van der Waals surface area contributed by atoms with E-state index in [9.17, 15) is 4.79 Å². The SMILES string of the molecule is O=C(Cc1cc(Cl)c2c(c1)OCCO2)n1ccccc1=NC1CCCCC1. The zero-order valence-electron chi connectivity index (χ0n) is 15.2. The Kier molecular flexibility index (Phi) is 5.48. The number of benzene rings is 1. The topological polar surface area (TPSA) is 52.8 Å². The molecule has 6 heteroatoms. The normalized spacial score (nSPS) is 17.7. The summed E-state index contributed by atoms with van der Waals surface area (Å²) in [4.78, 5) is 17.8. The number of rotatable bonds is 3. The highest BCUT2D eigenvalue weighted by molar-refractivity contribution is 6.32. The highest BCUT2D eigenvalue weighted by Crippen LogP contribution is 2.38. The molecule has 1 aromatic carbocycles. The number of pyridine rings is 1. The van der Waals surface area contributed by atoms with E-state index in [1.807, 2.05) is 24.3 Å². The molecule has 27 heavy (non-hydrogen) atoms. The number of aromatic nitrogens is 1. The van der Waals surface area contributed by atoms with Gasteiger partial charge in [-0.3, -0.25) is 14.4 Å². The lowest BCUT2D eigenvalue weighted by Gasteiger charge is -2.20. The quantitative estimate of drug-likeness (QED) is 0.800. The van der Waals surface area contributed by atoms with Crippen LogP contribution in [0.3, 0.4) is 0 Å². The van der Waals surface area contributed by atoms with Crippen LogP contribution in [0, 0.1) is 0 Å². The van der Waals surface area contributed by atoms with Crippen LogP contribution < -0.4 is 15.0 Å². The molecule has 1 fully saturated rings. The van der Waals surface area contributed by atoms with Crippen molar-refractivity contribution in [3.05, 3.63) is 52.6 Å². The minimum absolute atomic E-state index is 0.0436. The van der Waals surface area contributed by atoms with E-state index in [2.05, 4.69) is 0 Å². The maximum absolute atomic E-state index is 12.9. The van der Waals surface area contributed by atoms with E-state index >= 15 is 0 Å². The van der Waals surface area contributed by atoms with Gasteiger partial charge >= 0.3 is 0 Å². The fourth-order valence-corrected chi connectivity index (χ4v) is 3.96. The summed E-state index contributed by atoms with van der Waals surface area (Å²) in [6.07, 6.45) is 7.91. The van der Waals surface area contributed by atoms with Crippen LogP contribution in [0.5, 0.6) is 11.5 Å². The summed E-state index contributed by atoms with van der Waals surface area (Å²) in [5.41, 5.74) is 1.52. The van der Waals surface area contributed by atoms with Gasteiger partial charge in [0.2, 0.25) is 5.91 Å². The summed E-state index contributed by atoms with van der Waals surface area (Å²) in [5.74, 6) is 1.11. The smallest absolute Gasteiger partial charge is 0.236 e. The Labute approximate surface area is 163 Å². The summed E-state index contributed by atoms with van der Waals surface area (Å²) in [7, 11) is 0. The number of ether oxygens (including phenoxy) is 2. The molecule has 2 heterocycles. The van der Waals surface area contributed by atoms with Crippen molar-refractivity contribution in [3.63, 3.8) is 0 Å². The van der Waals surface area contributed by atoms with Crippen LogP contribution in [0.25, 0.3) is 0 Å². The number of nitrogens with zero attached hydrogens (tertiary/aromatic N) is 2. The molecular weight excluding hydrogens is 364 g/mol. The Morgan fingerprint density at radius 1 is 1.15 bits per heavy atom. The van der Waals surface area contributed by atoms with Gasteiger partial charge in [-0.15, -0.1) is 0 Å². The Morgan fingerprint density at radius 3 is 2.81 bits per heavy atom. The second kappa shape index (κ2) is 8.17. The van der Waals surface area contributed by atoms with E-state index in [4.69, 9.17) is 26.1 Å². The lowest BCUT2D eigenvalue weighted by molar-refractivity contribution is 0.0908. The van der Waals surface area contributed by atoms with E-state index in [0.29, 0.717) is 35.8 Å². The molecule has 5 nitrogen and oxygen atoms in total. The molecule has 0 bridgehead atoms.